The van der Waals surface area contributed by atoms with Crippen LogP contribution in [0.15, 0.2) is 84.6 Å². The lowest BCUT2D eigenvalue weighted by Crippen LogP contribution is -2.53. The number of fused-ring (bicyclic) bond motifs is 4. The normalized spacial score (nSPS) is 25.6. The topological polar surface area (TPSA) is 160 Å². The van der Waals surface area contributed by atoms with Crippen LogP contribution in [0.2, 0.25) is 10.0 Å². The van der Waals surface area contributed by atoms with Gasteiger partial charge in [-0.15, -0.1) is 0 Å². The van der Waals surface area contributed by atoms with Crippen molar-refractivity contribution in [2.24, 2.45) is 23.7 Å². The van der Waals surface area contributed by atoms with Crippen molar-refractivity contribution in [2.45, 2.75) is 44.2 Å². The van der Waals surface area contributed by atoms with Crippen molar-refractivity contribution in [1.29, 1.82) is 0 Å². The van der Waals surface area contributed by atoms with Gasteiger partial charge in [-0.1, -0.05) is 71.2 Å². The van der Waals surface area contributed by atoms with Gasteiger partial charge in [0.1, 0.15) is 5.75 Å². The smallest absolute Gasteiger partial charge is 0.488 e. The van der Waals surface area contributed by atoms with Crippen LogP contribution in [-0.4, -0.2) is 55.9 Å². The van der Waals surface area contributed by atoms with Gasteiger partial charge in [0.05, 0.1) is 39.4 Å². The highest BCUT2D eigenvalue weighted by Gasteiger charge is 2.70. The number of benzene rings is 3. The summed E-state index contributed by atoms with van der Waals surface area (Å²) in [5.41, 5.74) is 2.39. The summed E-state index contributed by atoms with van der Waals surface area (Å²) in [5.74, 6) is -7.80. The third-order valence-electron chi connectivity index (χ3n) is 11.8. The number of alkyl halides is 3. The molecule has 2 aliphatic carbocycles. The molecular weight excluding hydrogens is 787 g/mol. The van der Waals surface area contributed by atoms with Crippen molar-refractivity contribution in [2.75, 3.05) is 10.3 Å². The van der Waals surface area contributed by atoms with E-state index in [1.807, 2.05) is 6.08 Å². The maximum Gasteiger partial charge on any atom is 0.488 e. The molecule has 3 heterocycles. The van der Waals surface area contributed by atoms with Crippen molar-refractivity contribution in [3.63, 3.8) is 0 Å². The monoisotopic (exact) mass is 818 g/mol. The van der Waals surface area contributed by atoms with Crippen LogP contribution in [0.4, 0.5) is 24.7 Å². The highest BCUT2D eigenvalue weighted by molar-refractivity contribution is 6.58. The van der Waals surface area contributed by atoms with Crippen LogP contribution in [0.1, 0.15) is 46.6 Å². The lowest BCUT2D eigenvalue weighted by atomic mass is 9.49. The number of imide groups is 2. The molecule has 292 valence electrons. The second-order valence-electron chi connectivity index (χ2n) is 14.9. The average Bonchev–Trinajstić information content (AvgIpc) is 3.54. The van der Waals surface area contributed by atoms with E-state index in [9.17, 15) is 42.7 Å². The molecule has 0 spiro atoms. The summed E-state index contributed by atoms with van der Waals surface area (Å²) in [7, 11) is -1.86. The number of anilines is 2. The molecule has 6 unspecified atom stereocenters. The summed E-state index contributed by atoms with van der Waals surface area (Å²) in [4.78, 5) is 63.8. The van der Waals surface area contributed by atoms with Gasteiger partial charge in [-0.2, -0.15) is 18.2 Å². The number of allylic oxidation sites excluding steroid dienone is 2. The molecule has 4 N–H and O–H groups in total. The molecule has 57 heavy (non-hydrogen) atoms. The van der Waals surface area contributed by atoms with Crippen molar-refractivity contribution in [1.82, 2.24) is 9.99 Å². The molecule has 2 saturated heterocycles. The lowest BCUT2D eigenvalue weighted by Gasteiger charge is -2.50. The molecule has 11 nitrogen and oxygen atoms in total. The van der Waals surface area contributed by atoms with Crippen LogP contribution in [0.3, 0.4) is 0 Å². The third kappa shape index (κ3) is 5.93. The Morgan fingerprint density at radius 1 is 0.912 bits per heavy atom. The third-order valence-corrected chi connectivity index (χ3v) is 12.4. The van der Waals surface area contributed by atoms with E-state index in [-0.39, 0.29) is 35.6 Å². The number of rotatable bonds is 6. The van der Waals surface area contributed by atoms with Crippen molar-refractivity contribution in [3.05, 3.63) is 122 Å². The molecular formula is C40H32BCl2F3N4O7. The SMILES string of the molecule is Cc1cc(C2C3=CCC4C(=O)N(c5cccc(B(O)O)c5)C(=O)C4C3CC3C(=O)N(Nc4ncc(C(F)(F)F)cc4Cl)C(=O)C32c2ccc(Cl)cc2)cc(C)c1O. The molecule has 6 atom stereocenters. The Kier molecular flexibility index (Phi) is 9.30. The van der Waals surface area contributed by atoms with Gasteiger partial charge >= 0.3 is 13.3 Å². The van der Waals surface area contributed by atoms with Gasteiger partial charge in [-0.3, -0.25) is 29.5 Å². The number of amides is 4. The van der Waals surface area contributed by atoms with Gasteiger partial charge in [0, 0.05) is 17.1 Å². The number of phenols is 1. The summed E-state index contributed by atoms with van der Waals surface area (Å²) < 4.78 is 40.5. The molecule has 4 aliphatic rings. The van der Waals surface area contributed by atoms with E-state index < -0.39 is 82.5 Å². The summed E-state index contributed by atoms with van der Waals surface area (Å²) in [6, 6.07) is 16.2. The Balaban J connectivity index is 1.31. The van der Waals surface area contributed by atoms with E-state index in [1.165, 1.54) is 24.3 Å². The molecule has 17 heteroatoms. The summed E-state index contributed by atoms with van der Waals surface area (Å²) in [6.45, 7) is 3.37. The molecule has 2 aliphatic heterocycles. The highest BCUT2D eigenvalue weighted by Crippen LogP contribution is 2.64. The number of hydrogen-bond acceptors (Lipinski definition) is 9. The Labute approximate surface area is 333 Å². The quantitative estimate of drug-likeness (QED) is 0.110. The number of halogens is 5. The van der Waals surface area contributed by atoms with Crippen molar-refractivity contribution in [3.8, 4) is 5.75 Å². The summed E-state index contributed by atoms with van der Waals surface area (Å²) >= 11 is 12.6. The van der Waals surface area contributed by atoms with Gasteiger partial charge < -0.3 is 15.2 Å². The van der Waals surface area contributed by atoms with Gasteiger partial charge in [0.25, 0.3) is 11.8 Å². The van der Waals surface area contributed by atoms with Crippen LogP contribution >= 0.6 is 23.2 Å². The maximum atomic E-state index is 15.4. The van der Waals surface area contributed by atoms with Crippen LogP contribution < -0.4 is 15.8 Å². The fourth-order valence-corrected chi connectivity index (χ4v) is 9.73. The number of carbonyl (C=O) groups excluding carboxylic acids is 4. The second-order valence-corrected chi connectivity index (χ2v) is 15.7. The molecule has 1 saturated carbocycles. The lowest BCUT2D eigenvalue weighted by molar-refractivity contribution is -0.139. The van der Waals surface area contributed by atoms with Crippen molar-refractivity contribution < 1.29 is 47.5 Å². The molecule has 8 rings (SSSR count). The maximum absolute atomic E-state index is 15.4. The van der Waals surface area contributed by atoms with E-state index in [0.29, 0.717) is 50.1 Å². The molecule has 4 amide bonds. The highest BCUT2D eigenvalue weighted by atomic mass is 35.5. The standard InChI is InChI=1S/C40H32BCl2F3N4O7/c1-18-12-20(13-19(2)33(18)51)32-26-10-11-27-31(37(54)49(35(27)52)25-5-3-4-23(15-25)41(56)57)28(26)16-29-36(53)50(38(55)39(29,32)21-6-8-24(42)9-7-21)48-34-30(43)14-22(17-47-34)40(44,45)46/h3-10,12-15,17,27-29,31-32,51,56-57H,11,16H2,1-2H3,(H,47,48). The Hall–Kier alpha value is -5.22. The zero-order chi connectivity index (χ0) is 40.9. The summed E-state index contributed by atoms with van der Waals surface area (Å²) in [6.07, 6.45) is -2.40. The van der Waals surface area contributed by atoms with Crippen LogP contribution in [0.25, 0.3) is 0 Å². The minimum atomic E-state index is -4.77. The van der Waals surface area contributed by atoms with E-state index in [2.05, 4.69) is 10.4 Å². The zero-order valence-corrected chi connectivity index (χ0v) is 31.6. The van der Waals surface area contributed by atoms with E-state index in [0.717, 1.165) is 4.90 Å². The minimum absolute atomic E-state index is 0.0171. The number of phenolic OH excluding ortho intramolecular Hbond substituents is 1. The molecule has 4 aromatic rings. The van der Waals surface area contributed by atoms with Gasteiger partial charge in [-0.05, 0) is 90.7 Å². The number of nitrogens with zero attached hydrogens (tertiary/aromatic N) is 3. The van der Waals surface area contributed by atoms with Crippen molar-refractivity contribution >= 4 is 70.9 Å². The first-order valence-corrected chi connectivity index (χ1v) is 18.7. The van der Waals surface area contributed by atoms with Crippen LogP contribution in [-0.2, 0) is 30.8 Å². The summed E-state index contributed by atoms with van der Waals surface area (Å²) in [5, 5.41) is 31.1. The average molecular weight is 819 g/mol. The minimum Gasteiger partial charge on any atom is -0.507 e. The first-order valence-electron chi connectivity index (χ1n) is 17.9. The van der Waals surface area contributed by atoms with Crippen LogP contribution in [0, 0.1) is 37.5 Å². The Morgan fingerprint density at radius 2 is 1.60 bits per heavy atom. The van der Waals surface area contributed by atoms with E-state index >= 15 is 4.79 Å². The first-order chi connectivity index (χ1) is 26.9. The predicted molar refractivity (Wildman–Crippen MR) is 203 cm³/mol. The number of aryl methyl sites for hydroxylation is 2. The molecule has 0 bridgehead atoms. The first kappa shape index (κ1) is 38.6. The Bertz CT molecular complexity index is 2410. The van der Waals surface area contributed by atoms with E-state index in [1.54, 1.807) is 50.2 Å². The van der Waals surface area contributed by atoms with Gasteiger partial charge in [0.2, 0.25) is 11.8 Å². The number of aromatic hydroxyl groups is 1. The van der Waals surface area contributed by atoms with Gasteiger partial charge in [0.15, 0.2) is 5.82 Å². The number of aromatic nitrogens is 1. The number of hydrazine groups is 1. The second kappa shape index (κ2) is 13.7. The fourth-order valence-electron chi connectivity index (χ4n) is 9.39. The fraction of sp³-hybridized carbons (Fsp3) is 0.275. The Morgan fingerprint density at radius 3 is 2.23 bits per heavy atom. The largest absolute Gasteiger partial charge is 0.507 e. The van der Waals surface area contributed by atoms with Gasteiger partial charge in [-0.25, -0.2) is 4.98 Å². The number of pyridine rings is 1. The van der Waals surface area contributed by atoms with Crippen LogP contribution in [0.5, 0.6) is 5.75 Å². The zero-order valence-electron chi connectivity index (χ0n) is 30.1. The number of hydrogen-bond donors (Lipinski definition) is 4. The molecule has 3 aromatic carbocycles. The van der Waals surface area contributed by atoms with E-state index in [4.69, 9.17) is 23.2 Å². The molecule has 0 radical (unpaired) electrons. The predicted octanol–water partition coefficient (Wildman–Crippen LogP) is 5.60. The number of carbonyl (C=O) groups is 4. The number of nitrogens with one attached hydrogen (secondary N) is 1. The molecule has 3 fully saturated rings. The molecule has 1 aromatic heterocycles.